The van der Waals surface area contributed by atoms with E-state index < -0.39 is 17.9 Å². The van der Waals surface area contributed by atoms with E-state index in [1.54, 1.807) is 6.92 Å². The summed E-state index contributed by atoms with van der Waals surface area (Å²) in [4.78, 5) is 26.3. The molecule has 0 radical (unpaired) electrons. The Morgan fingerprint density at radius 1 is 1.42 bits per heavy atom. The third kappa shape index (κ3) is 5.36. The van der Waals surface area contributed by atoms with Crippen LogP contribution in [0.25, 0.3) is 0 Å². The fourth-order valence-corrected chi connectivity index (χ4v) is 1.51. The summed E-state index contributed by atoms with van der Waals surface area (Å²) in [5, 5.41) is 17.6. The van der Waals surface area contributed by atoms with Gasteiger partial charge in [0.15, 0.2) is 5.82 Å². The van der Waals surface area contributed by atoms with Gasteiger partial charge in [-0.2, -0.15) is 4.98 Å². The first kappa shape index (κ1) is 14.9. The number of nitrogens with one attached hydrogen (secondary N) is 2. The van der Waals surface area contributed by atoms with Crippen molar-refractivity contribution in [2.45, 2.75) is 33.2 Å². The van der Waals surface area contributed by atoms with Crippen molar-refractivity contribution >= 4 is 12.0 Å². The highest BCUT2D eigenvalue weighted by molar-refractivity contribution is 5.75. The molecular weight excluding hydrogens is 252 g/mol. The molecule has 1 atom stereocenters. The predicted octanol–water partition coefficient (Wildman–Crippen LogP) is 0.678. The lowest BCUT2D eigenvalue weighted by atomic mass is 10.0. The number of amides is 2. The maximum absolute atomic E-state index is 11.5. The van der Waals surface area contributed by atoms with Crippen LogP contribution in [0.1, 0.15) is 31.5 Å². The van der Waals surface area contributed by atoms with Gasteiger partial charge in [-0.25, -0.2) is 4.79 Å². The van der Waals surface area contributed by atoms with Crippen molar-refractivity contribution in [2.75, 3.05) is 6.54 Å². The second-order valence-corrected chi connectivity index (χ2v) is 4.12. The molecule has 1 rings (SSSR count). The first-order valence-electron chi connectivity index (χ1n) is 6.06. The summed E-state index contributed by atoms with van der Waals surface area (Å²) in [6, 6.07) is -0.454. The molecule has 1 aromatic rings. The maximum atomic E-state index is 11.5. The molecule has 0 aliphatic carbocycles. The fraction of sp³-hybridized carbons (Fsp3) is 0.636. The Balaban J connectivity index is 2.28. The van der Waals surface area contributed by atoms with Gasteiger partial charge in [0, 0.05) is 13.5 Å². The number of carbonyl (C=O) groups is 2. The quantitative estimate of drug-likeness (QED) is 0.670. The molecule has 19 heavy (non-hydrogen) atoms. The lowest BCUT2D eigenvalue weighted by Crippen LogP contribution is -2.39. The van der Waals surface area contributed by atoms with Crippen LogP contribution in [0.5, 0.6) is 0 Å². The molecular formula is C11H18N4O4. The number of rotatable bonds is 7. The van der Waals surface area contributed by atoms with E-state index in [0.29, 0.717) is 18.1 Å². The van der Waals surface area contributed by atoms with E-state index in [-0.39, 0.29) is 13.1 Å². The van der Waals surface area contributed by atoms with Gasteiger partial charge in [0.05, 0.1) is 12.5 Å². The van der Waals surface area contributed by atoms with Gasteiger partial charge in [0.25, 0.3) is 0 Å². The fourth-order valence-electron chi connectivity index (χ4n) is 1.51. The van der Waals surface area contributed by atoms with E-state index in [1.807, 2.05) is 6.92 Å². The molecule has 8 heteroatoms. The highest BCUT2D eigenvalue weighted by Crippen LogP contribution is 2.04. The Morgan fingerprint density at radius 2 is 2.16 bits per heavy atom. The molecule has 1 aromatic heterocycles. The van der Waals surface area contributed by atoms with Gasteiger partial charge in [-0.1, -0.05) is 18.5 Å². The number of aliphatic carboxylic acids is 1. The van der Waals surface area contributed by atoms with Gasteiger partial charge in [0.1, 0.15) is 0 Å². The van der Waals surface area contributed by atoms with Crippen LogP contribution in [0, 0.1) is 12.8 Å². The molecule has 2 amide bonds. The number of aryl methyl sites for hydroxylation is 1. The Kier molecular flexibility index (Phi) is 5.77. The topological polar surface area (TPSA) is 117 Å². The van der Waals surface area contributed by atoms with E-state index in [2.05, 4.69) is 20.8 Å². The lowest BCUT2D eigenvalue weighted by molar-refractivity contribution is -0.141. The van der Waals surface area contributed by atoms with E-state index in [0.717, 1.165) is 6.42 Å². The number of carbonyl (C=O) groups excluding carboxylic acids is 1. The van der Waals surface area contributed by atoms with Gasteiger partial charge in [-0.05, 0) is 6.42 Å². The third-order valence-electron chi connectivity index (χ3n) is 2.47. The van der Waals surface area contributed by atoms with Crippen molar-refractivity contribution in [2.24, 2.45) is 5.92 Å². The second-order valence-electron chi connectivity index (χ2n) is 4.12. The summed E-state index contributed by atoms with van der Waals surface area (Å²) in [5.74, 6) is -0.679. The molecule has 0 aromatic carbocycles. The molecule has 0 aliphatic heterocycles. The molecule has 3 N–H and O–H groups in total. The number of carboxylic acid groups (broad SMARTS) is 1. The molecule has 0 spiro atoms. The molecule has 0 saturated heterocycles. The van der Waals surface area contributed by atoms with E-state index in [1.165, 1.54) is 0 Å². The standard InChI is InChI=1S/C11H18N4O4/c1-3-4-8(10(16)17)5-12-11(18)13-6-9-14-7(2)19-15-9/h8H,3-6H2,1-2H3,(H,16,17)(H2,12,13,18). The van der Waals surface area contributed by atoms with Crippen LogP contribution < -0.4 is 10.6 Å². The van der Waals surface area contributed by atoms with Crippen molar-refractivity contribution in [3.05, 3.63) is 11.7 Å². The monoisotopic (exact) mass is 270 g/mol. The summed E-state index contributed by atoms with van der Waals surface area (Å²) >= 11 is 0. The van der Waals surface area contributed by atoms with E-state index in [4.69, 9.17) is 9.63 Å². The van der Waals surface area contributed by atoms with E-state index >= 15 is 0 Å². The number of carboxylic acids is 1. The molecule has 1 unspecified atom stereocenters. The van der Waals surface area contributed by atoms with Gasteiger partial charge in [0.2, 0.25) is 5.89 Å². The van der Waals surface area contributed by atoms with E-state index in [9.17, 15) is 9.59 Å². The molecule has 0 fully saturated rings. The first-order valence-corrected chi connectivity index (χ1v) is 6.06. The minimum atomic E-state index is -0.907. The maximum Gasteiger partial charge on any atom is 0.315 e. The molecule has 0 aliphatic rings. The minimum absolute atomic E-state index is 0.0975. The number of nitrogens with zero attached hydrogens (tertiary/aromatic N) is 2. The Labute approximate surface area is 110 Å². The zero-order valence-corrected chi connectivity index (χ0v) is 11.0. The van der Waals surface area contributed by atoms with Gasteiger partial charge in [-0.3, -0.25) is 4.79 Å². The highest BCUT2D eigenvalue weighted by Gasteiger charge is 2.17. The van der Waals surface area contributed by atoms with Gasteiger partial charge >= 0.3 is 12.0 Å². The van der Waals surface area contributed by atoms with Crippen LogP contribution in [0.2, 0.25) is 0 Å². The van der Waals surface area contributed by atoms with Crippen LogP contribution in [0.3, 0.4) is 0 Å². The molecule has 0 saturated carbocycles. The summed E-state index contributed by atoms with van der Waals surface area (Å²) in [5.41, 5.74) is 0. The zero-order valence-electron chi connectivity index (χ0n) is 11.0. The van der Waals surface area contributed by atoms with Crippen LogP contribution in [-0.4, -0.2) is 33.8 Å². The zero-order chi connectivity index (χ0) is 14.3. The largest absolute Gasteiger partial charge is 0.481 e. The Bertz CT molecular complexity index is 432. The molecule has 106 valence electrons. The van der Waals surface area contributed by atoms with Crippen LogP contribution in [-0.2, 0) is 11.3 Å². The highest BCUT2D eigenvalue weighted by atomic mass is 16.5. The third-order valence-corrected chi connectivity index (χ3v) is 2.47. The average molecular weight is 270 g/mol. The van der Waals surface area contributed by atoms with Crippen molar-refractivity contribution in [1.82, 2.24) is 20.8 Å². The first-order chi connectivity index (χ1) is 9.02. The smallest absolute Gasteiger partial charge is 0.315 e. The predicted molar refractivity (Wildman–Crippen MR) is 65.3 cm³/mol. The van der Waals surface area contributed by atoms with Crippen molar-refractivity contribution in [3.63, 3.8) is 0 Å². The van der Waals surface area contributed by atoms with Gasteiger partial charge in [-0.15, -0.1) is 0 Å². The van der Waals surface area contributed by atoms with Crippen LogP contribution in [0.4, 0.5) is 4.79 Å². The number of aromatic nitrogens is 2. The summed E-state index contributed by atoms with van der Waals surface area (Å²) in [6.07, 6.45) is 1.28. The van der Waals surface area contributed by atoms with Gasteiger partial charge < -0.3 is 20.3 Å². The second kappa shape index (κ2) is 7.34. The van der Waals surface area contributed by atoms with Crippen molar-refractivity contribution < 1.29 is 19.2 Å². The SMILES string of the molecule is CCCC(CNC(=O)NCc1noc(C)n1)C(=O)O. The lowest BCUT2D eigenvalue weighted by Gasteiger charge is -2.12. The van der Waals surface area contributed by atoms with Crippen molar-refractivity contribution in [1.29, 1.82) is 0 Å². The van der Waals surface area contributed by atoms with Crippen molar-refractivity contribution in [3.8, 4) is 0 Å². The number of hydrogen-bond acceptors (Lipinski definition) is 5. The Morgan fingerprint density at radius 3 is 2.68 bits per heavy atom. The number of hydrogen-bond donors (Lipinski definition) is 3. The molecule has 1 heterocycles. The normalized spacial score (nSPS) is 11.9. The summed E-state index contributed by atoms with van der Waals surface area (Å²) in [6.45, 7) is 3.78. The Hall–Kier alpha value is -2.12. The summed E-state index contributed by atoms with van der Waals surface area (Å²) in [7, 11) is 0. The minimum Gasteiger partial charge on any atom is -0.481 e. The number of urea groups is 1. The van der Waals surface area contributed by atoms with Crippen LogP contribution >= 0.6 is 0 Å². The average Bonchev–Trinajstić information content (AvgIpc) is 2.77. The molecule has 0 bridgehead atoms. The molecule has 8 nitrogen and oxygen atoms in total. The van der Waals surface area contributed by atoms with Crippen LogP contribution in [0.15, 0.2) is 4.52 Å². The summed E-state index contributed by atoms with van der Waals surface area (Å²) < 4.78 is 4.75.